The van der Waals surface area contributed by atoms with E-state index in [-0.39, 0.29) is 0 Å². The van der Waals surface area contributed by atoms with Crippen LogP contribution in [0, 0.1) is 6.92 Å². The van der Waals surface area contributed by atoms with Crippen LogP contribution in [0.5, 0.6) is 0 Å². The Hall–Kier alpha value is -2.27. The summed E-state index contributed by atoms with van der Waals surface area (Å²) in [5.41, 5.74) is 7.02. The molecule has 0 bridgehead atoms. The third-order valence-corrected chi connectivity index (χ3v) is 3.22. The fraction of sp³-hybridized carbons (Fsp3) is 0.188. The third kappa shape index (κ3) is 4.36. The average molecular weight is 298 g/mol. The van der Waals surface area contributed by atoms with Crippen LogP contribution in [0.2, 0.25) is 0 Å². The highest BCUT2D eigenvalue weighted by atomic mass is 32.1. The largest absolute Gasteiger partial charge is 0.331 e. The van der Waals surface area contributed by atoms with Crippen molar-refractivity contribution in [2.75, 3.05) is 5.32 Å². The molecule has 0 fully saturated rings. The number of hydrogen-bond acceptors (Lipinski definition) is 3. The van der Waals surface area contributed by atoms with Crippen LogP contribution >= 0.6 is 12.2 Å². The van der Waals surface area contributed by atoms with Gasteiger partial charge >= 0.3 is 0 Å². The van der Waals surface area contributed by atoms with Crippen molar-refractivity contribution in [1.29, 1.82) is 0 Å². The van der Waals surface area contributed by atoms with E-state index in [4.69, 9.17) is 12.2 Å². The smallest absolute Gasteiger partial charge is 0.191 e. The van der Waals surface area contributed by atoms with Crippen LogP contribution in [0.1, 0.15) is 23.7 Å². The van der Waals surface area contributed by atoms with Crippen LogP contribution in [-0.2, 0) is 6.42 Å². The van der Waals surface area contributed by atoms with E-state index in [1.807, 2.05) is 18.2 Å². The lowest BCUT2D eigenvalue weighted by Crippen LogP contribution is -2.25. The molecule has 0 saturated heterocycles. The first-order valence-electron chi connectivity index (χ1n) is 6.80. The summed E-state index contributed by atoms with van der Waals surface area (Å²) in [5.74, 6) is 0. The molecule has 0 aliphatic carbocycles. The highest BCUT2D eigenvalue weighted by Crippen LogP contribution is 2.20. The standard InChI is InChI=1S/C16H18N4S/c1-3-13-8-6-7-12(2)15(13)19-16(21)20-18-11-14-9-4-5-10-17-14/h4-11H,3H2,1-2H3,(H2,19,20,21)/b18-11-. The number of nitrogens with one attached hydrogen (secondary N) is 2. The molecule has 2 aromatic rings. The van der Waals surface area contributed by atoms with Gasteiger partial charge in [-0.15, -0.1) is 0 Å². The second-order valence-corrected chi connectivity index (χ2v) is 4.95. The number of aromatic nitrogens is 1. The molecule has 0 spiro atoms. The Labute approximate surface area is 130 Å². The second-order valence-electron chi connectivity index (χ2n) is 4.54. The molecule has 5 heteroatoms. The number of para-hydroxylation sites is 1. The fourth-order valence-corrected chi connectivity index (χ4v) is 2.11. The van der Waals surface area contributed by atoms with Crippen LogP contribution in [0.15, 0.2) is 47.7 Å². The van der Waals surface area contributed by atoms with Gasteiger partial charge in [0.15, 0.2) is 5.11 Å². The van der Waals surface area contributed by atoms with Gasteiger partial charge in [0.1, 0.15) is 0 Å². The minimum atomic E-state index is 0.464. The quantitative estimate of drug-likeness (QED) is 0.517. The van der Waals surface area contributed by atoms with Gasteiger partial charge < -0.3 is 5.32 Å². The van der Waals surface area contributed by atoms with Crippen molar-refractivity contribution in [2.45, 2.75) is 20.3 Å². The van der Waals surface area contributed by atoms with Crippen molar-refractivity contribution in [1.82, 2.24) is 10.4 Å². The Morgan fingerprint density at radius 1 is 1.29 bits per heavy atom. The predicted molar refractivity (Wildman–Crippen MR) is 91.7 cm³/mol. The average Bonchev–Trinajstić information content (AvgIpc) is 2.50. The van der Waals surface area contributed by atoms with Crippen molar-refractivity contribution in [3.63, 3.8) is 0 Å². The first-order valence-corrected chi connectivity index (χ1v) is 7.21. The molecule has 1 aromatic heterocycles. The third-order valence-electron chi connectivity index (χ3n) is 3.03. The molecule has 108 valence electrons. The summed E-state index contributed by atoms with van der Waals surface area (Å²) < 4.78 is 0. The van der Waals surface area contributed by atoms with E-state index in [2.05, 4.69) is 52.9 Å². The summed E-state index contributed by atoms with van der Waals surface area (Å²) >= 11 is 5.26. The van der Waals surface area contributed by atoms with Gasteiger partial charge in [-0.1, -0.05) is 31.2 Å². The maximum absolute atomic E-state index is 5.26. The number of pyridine rings is 1. The zero-order valence-electron chi connectivity index (χ0n) is 12.1. The van der Waals surface area contributed by atoms with Gasteiger partial charge in [-0.2, -0.15) is 5.10 Å². The van der Waals surface area contributed by atoms with Gasteiger partial charge in [0.2, 0.25) is 0 Å². The van der Waals surface area contributed by atoms with E-state index in [1.54, 1.807) is 12.4 Å². The number of hydrogen-bond donors (Lipinski definition) is 2. The van der Waals surface area contributed by atoms with Crippen LogP contribution in [0.3, 0.4) is 0 Å². The lowest BCUT2D eigenvalue weighted by Gasteiger charge is -2.13. The van der Waals surface area contributed by atoms with E-state index in [0.29, 0.717) is 5.11 Å². The lowest BCUT2D eigenvalue weighted by atomic mass is 10.1. The summed E-state index contributed by atoms with van der Waals surface area (Å²) in [6.07, 6.45) is 4.30. The maximum atomic E-state index is 5.26. The van der Waals surface area contributed by atoms with Crippen molar-refractivity contribution >= 4 is 29.2 Å². The molecule has 2 N–H and O–H groups in total. The predicted octanol–water partition coefficient (Wildman–Crippen LogP) is 3.27. The Balaban J connectivity index is 1.98. The molecule has 0 radical (unpaired) electrons. The maximum Gasteiger partial charge on any atom is 0.191 e. The number of nitrogens with zero attached hydrogens (tertiary/aromatic N) is 2. The van der Waals surface area contributed by atoms with E-state index < -0.39 is 0 Å². The van der Waals surface area contributed by atoms with Crippen LogP contribution < -0.4 is 10.7 Å². The highest BCUT2D eigenvalue weighted by molar-refractivity contribution is 7.80. The van der Waals surface area contributed by atoms with Gasteiger partial charge in [0.25, 0.3) is 0 Å². The molecule has 21 heavy (non-hydrogen) atoms. The van der Waals surface area contributed by atoms with E-state index in [9.17, 15) is 0 Å². The minimum absolute atomic E-state index is 0.464. The zero-order valence-corrected chi connectivity index (χ0v) is 12.9. The summed E-state index contributed by atoms with van der Waals surface area (Å²) in [6.45, 7) is 4.18. The van der Waals surface area contributed by atoms with Gasteiger partial charge in [-0.3, -0.25) is 10.4 Å². The SMILES string of the molecule is CCc1cccc(C)c1NC(=S)N/N=C\c1ccccn1. The molecule has 1 aromatic carbocycles. The molecular weight excluding hydrogens is 280 g/mol. The number of thiocarbonyl (C=S) groups is 1. The van der Waals surface area contributed by atoms with Crippen molar-refractivity contribution < 1.29 is 0 Å². The highest BCUT2D eigenvalue weighted by Gasteiger charge is 2.05. The molecule has 0 amide bonds. The number of hydrazone groups is 1. The van der Waals surface area contributed by atoms with Crippen molar-refractivity contribution in [3.05, 3.63) is 59.4 Å². The molecule has 0 aliphatic heterocycles. The Bertz CT molecular complexity index is 638. The first-order chi connectivity index (χ1) is 10.2. The van der Waals surface area contributed by atoms with Gasteiger partial charge in [-0.05, 0) is 48.8 Å². The Morgan fingerprint density at radius 2 is 2.14 bits per heavy atom. The normalized spacial score (nSPS) is 10.6. The van der Waals surface area contributed by atoms with Crippen molar-refractivity contribution in [2.24, 2.45) is 5.10 Å². The fourth-order valence-electron chi connectivity index (χ4n) is 1.95. The monoisotopic (exact) mass is 298 g/mol. The first kappa shape index (κ1) is 15.1. The van der Waals surface area contributed by atoms with E-state index in [1.165, 1.54) is 5.56 Å². The lowest BCUT2D eigenvalue weighted by molar-refractivity contribution is 1.04. The summed E-state index contributed by atoms with van der Waals surface area (Å²) in [5, 5.41) is 7.75. The summed E-state index contributed by atoms with van der Waals surface area (Å²) in [7, 11) is 0. The van der Waals surface area contributed by atoms with Gasteiger partial charge in [0.05, 0.1) is 11.9 Å². The van der Waals surface area contributed by atoms with Crippen LogP contribution in [0.4, 0.5) is 5.69 Å². The van der Waals surface area contributed by atoms with E-state index in [0.717, 1.165) is 23.4 Å². The van der Waals surface area contributed by atoms with Crippen molar-refractivity contribution in [3.8, 4) is 0 Å². The van der Waals surface area contributed by atoms with Crippen LogP contribution in [0.25, 0.3) is 0 Å². The Kier molecular flexibility index (Phi) is 5.40. The molecule has 2 rings (SSSR count). The van der Waals surface area contributed by atoms with E-state index >= 15 is 0 Å². The number of anilines is 1. The topological polar surface area (TPSA) is 49.3 Å². The molecular formula is C16H18N4S. The Morgan fingerprint density at radius 3 is 2.86 bits per heavy atom. The molecule has 0 unspecified atom stereocenters. The van der Waals surface area contributed by atoms with Gasteiger partial charge in [0, 0.05) is 11.9 Å². The molecule has 1 heterocycles. The summed E-state index contributed by atoms with van der Waals surface area (Å²) in [6, 6.07) is 11.8. The zero-order chi connectivity index (χ0) is 15.1. The summed E-state index contributed by atoms with van der Waals surface area (Å²) in [4.78, 5) is 4.15. The van der Waals surface area contributed by atoms with Gasteiger partial charge in [-0.25, -0.2) is 0 Å². The number of rotatable bonds is 4. The molecule has 0 aliphatic rings. The second kappa shape index (κ2) is 7.50. The molecule has 0 atom stereocenters. The number of aryl methyl sites for hydroxylation is 2. The number of benzene rings is 1. The molecule has 4 nitrogen and oxygen atoms in total. The van der Waals surface area contributed by atoms with Crippen LogP contribution in [-0.4, -0.2) is 16.3 Å². The minimum Gasteiger partial charge on any atom is -0.331 e. The molecule has 0 saturated carbocycles.